The van der Waals surface area contributed by atoms with Gasteiger partial charge in [-0.2, -0.15) is 0 Å². The molecule has 3 N–H and O–H groups in total. The highest BCUT2D eigenvalue weighted by Crippen LogP contribution is 2.26. The van der Waals surface area contributed by atoms with Crippen molar-refractivity contribution in [1.82, 2.24) is 24.5 Å². The summed E-state index contributed by atoms with van der Waals surface area (Å²) < 4.78 is 1.55. The predicted octanol–water partition coefficient (Wildman–Crippen LogP) is 4.38. The van der Waals surface area contributed by atoms with Crippen LogP contribution in [0.2, 0.25) is 5.02 Å². The minimum atomic E-state index is -0.463. The Hall–Kier alpha value is -4.74. The molecule has 8 nitrogen and oxygen atoms in total. The fourth-order valence-corrected chi connectivity index (χ4v) is 4.05. The van der Waals surface area contributed by atoms with E-state index in [0.29, 0.717) is 38.8 Å². The van der Waals surface area contributed by atoms with Crippen LogP contribution in [0, 0.1) is 11.8 Å². The van der Waals surface area contributed by atoms with Gasteiger partial charge in [0, 0.05) is 18.0 Å². The summed E-state index contributed by atoms with van der Waals surface area (Å²) in [4.78, 5) is 31.0. The number of nitrogen functional groups attached to an aromatic ring is 1. The number of hydrogen-bond acceptors (Lipinski definition) is 7. The van der Waals surface area contributed by atoms with Gasteiger partial charge < -0.3 is 11.1 Å². The minimum Gasteiger partial charge on any atom is -0.382 e. The van der Waals surface area contributed by atoms with Crippen LogP contribution in [0.1, 0.15) is 29.9 Å². The molecular weight excluding hydrogens is 474 g/mol. The molecule has 0 amide bonds. The lowest BCUT2D eigenvalue weighted by Crippen LogP contribution is -2.27. The summed E-state index contributed by atoms with van der Waals surface area (Å²) in [5.41, 5.74) is 8.21. The van der Waals surface area contributed by atoms with Gasteiger partial charge in [0.15, 0.2) is 0 Å². The van der Waals surface area contributed by atoms with Crippen molar-refractivity contribution in [3.05, 3.63) is 112 Å². The largest absolute Gasteiger partial charge is 0.382 e. The summed E-state index contributed by atoms with van der Waals surface area (Å²) in [5.74, 6) is 7.20. The van der Waals surface area contributed by atoms with Gasteiger partial charge in [0.25, 0.3) is 5.56 Å². The van der Waals surface area contributed by atoms with Crippen molar-refractivity contribution in [2.24, 2.45) is 0 Å². The van der Waals surface area contributed by atoms with E-state index in [9.17, 15) is 4.79 Å². The Bertz CT molecular complexity index is 1680. The highest BCUT2D eigenvalue weighted by atomic mass is 35.5. The molecule has 0 aliphatic heterocycles. The zero-order valence-electron chi connectivity index (χ0n) is 19.2. The summed E-state index contributed by atoms with van der Waals surface area (Å²) in [6.07, 6.45) is 4.69. The second-order valence-electron chi connectivity index (χ2n) is 7.92. The lowest BCUT2D eigenvalue weighted by Gasteiger charge is -2.21. The monoisotopic (exact) mass is 493 g/mol. The number of hydrogen-bond donors (Lipinski definition) is 2. The molecule has 5 rings (SSSR count). The first-order valence-corrected chi connectivity index (χ1v) is 11.5. The van der Waals surface area contributed by atoms with Crippen LogP contribution >= 0.6 is 11.6 Å². The number of rotatable bonds is 4. The average molecular weight is 494 g/mol. The van der Waals surface area contributed by atoms with Crippen LogP contribution < -0.4 is 16.6 Å². The number of aromatic nitrogens is 5. The van der Waals surface area contributed by atoms with E-state index in [1.807, 2.05) is 43.3 Å². The quantitative estimate of drug-likeness (QED) is 0.357. The molecule has 0 bridgehead atoms. The Morgan fingerprint density at radius 2 is 1.86 bits per heavy atom. The van der Waals surface area contributed by atoms with Gasteiger partial charge in [0.05, 0.1) is 27.7 Å². The number of halogens is 1. The fourth-order valence-electron chi connectivity index (χ4n) is 3.80. The molecular formula is C27H20ClN7O. The van der Waals surface area contributed by atoms with E-state index in [-0.39, 0.29) is 11.4 Å². The van der Waals surface area contributed by atoms with E-state index >= 15 is 0 Å². The van der Waals surface area contributed by atoms with E-state index in [2.05, 4.69) is 32.1 Å². The molecule has 0 aliphatic carbocycles. The van der Waals surface area contributed by atoms with Crippen molar-refractivity contribution in [1.29, 1.82) is 0 Å². The summed E-state index contributed by atoms with van der Waals surface area (Å²) in [7, 11) is 0. The third kappa shape index (κ3) is 4.48. The normalized spacial score (nSPS) is 11.5. The van der Waals surface area contributed by atoms with E-state index < -0.39 is 6.04 Å². The van der Waals surface area contributed by atoms with Crippen LogP contribution in [0.25, 0.3) is 16.6 Å². The van der Waals surface area contributed by atoms with Gasteiger partial charge >= 0.3 is 0 Å². The first-order chi connectivity index (χ1) is 17.5. The standard InChI is InChI=1S/C27H20ClN7O/c1-17(33-25-20(24(29)31-16-32-25)13-12-18-7-6-14-30-15-18)26-34-22-11-5-10-21(28)23(22)27(36)35(26)19-8-3-2-4-9-19/h2-11,14-17H,1H3,(H3,29,31,32,33). The molecule has 3 heterocycles. The molecule has 1 atom stereocenters. The first-order valence-electron chi connectivity index (χ1n) is 11.1. The summed E-state index contributed by atoms with van der Waals surface area (Å²) in [6, 6.07) is 17.7. The minimum absolute atomic E-state index is 0.231. The van der Waals surface area contributed by atoms with Gasteiger partial charge in [-0.05, 0) is 43.3 Å². The lowest BCUT2D eigenvalue weighted by molar-refractivity contribution is 0.730. The molecule has 0 fully saturated rings. The summed E-state index contributed by atoms with van der Waals surface area (Å²) >= 11 is 6.39. The molecule has 1 unspecified atom stereocenters. The van der Waals surface area contributed by atoms with Gasteiger partial charge in [-0.1, -0.05) is 47.7 Å². The maximum atomic E-state index is 13.6. The van der Waals surface area contributed by atoms with Crippen LogP contribution in [-0.2, 0) is 0 Å². The average Bonchev–Trinajstić information content (AvgIpc) is 2.89. The van der Waals surface area contributed by atoms with Gasteiger partial charge in [-0.25, -0.2) is 15.0 Å². The van der Waals surface area contributed by atoms with E-state index in [1.54, 1.807) is 41.2 Å². The van der Waals surface area contributed by atoms with Gasteiger partial charge in [0.2, 0.25) is 0 Å². The van der Waals surface area contributed by atoms with Crippen LogP contribution in [-0.4, -0.2) is 24.5 Å². The molecule has 5 aromatic rings. The zero-order chi connectivity index (χ0) is 25.1. The highest BCUT2D eigenvalue weighted by Gasteiger charge is 2.21. The number of nitrogens with two attached hydrogens (primary N) is 1. The molecule has 2 aromatic carbocycles. The third-order valence-electron chi connectivity index (χ3n) is 5.50. The van der Waals surface area contributed by atoms with Crippen LogP contribution in [0.15, 0.2) is 84.2 Å². The van der Waals surface area contributed by atoms with Gasteiger partial charge in [-0.3, -0.25) is 14.3 Å². The first kappa shape index (κ1) is 23.0. The van der Waals surface area contributed by atoms with Gasteiger partial charge in [0.1, 0.15) is 29.4 Å². The number of fused-ring (bicyclic) bond motifs is 1. The third-order valence-corrected chi connectivity index (χ3v) is 5.81. The lowest BCUT2D eigenvalue weighted by atomic mass is 10.2. The highest BCUT2D eigenvalue weighted by molar-refractivity contribution is 6.35. The maximum Gasteiger partial charge on any atom is 0.267 e. The Morgan fingerprint density at radius 1 is 1.03 bits per heavy atom. The second kappa shape index (κ2) is 9.86. The number of anilines is 2. The van der Waals surface area contributed by atoms with Crippen molar-refractivity contribution >= 4 is 34.1 Å². The van der Waals surface area contributed by atoms with Crippen LogP contribution in [0.5, 0.6) is 0 Å². The Morgan fingerprint density at radius 3 is 2.64 bits per heavy atom. The smallest absolute Gasteiger partial charge is 0.267 e. The fraction of sp³-hybridized carbons (Fsp3) is 0.0741. The van der Waals surface area contributed by atoms with Crippen LogP contribution in [0.3, 0.4) is 0 Å². The summed E-state index contributed by atoms with van der Waals surface area (Å²) in [6.45, 7) is 1.88. The van der Waals surface area contributed by atoms with E-state index in [0.717, 1.165) is 5.56 Å². The predicted molar refractivity (Wildman–Crippen MR) is 141 cm³/mol. The number of nitrogens with one attached hydrogen (secondary N) is 1. The Balaban J connectivity index is 1.62. The van der Waals surface area contributed by atoms with E-state index in [1.165, 1.54) is 6.33 Å². The van der Waals surface area contributed by atoms with Gasteiger partial charge in [-0.15, -0.1) is 0 Å². The number of benzene rings is 2. The van der Waals surface area contributed by atoms with Crippen molar-refractivity contribution < 1.29 is 0 Å². The molecule has 0 spiro atoms. The molecule has 36 heavy (non-hydrogen) atoms. The second-order valence-corrected chi connectivity index (χ2v) is 8.33. The van der Waals surface area contributed by atoms with Crippen LogP contribution in [0.4, 0.5) is 11.6 Å². The Labute approximate surface area is 211 Å². The van der Waals surface area contributed by atoms with Crippen molar-refractivity contribution in [3.63, 3.8) is 0 Å². The molecule has 0 saturated heterocycles. The van der Waals surface area contributed by atoms with E-state index in [4.69, 9.17) is 22.3 Å². The molecule has 3 aromatic heterocycles. The zero-order valence-corrected chi connectivity index (χ0v) is 19.9. The maximum absolute atomic E-state index is 13.6. The molecule has 0 saturated carbocycles. The topological polar surface area (TPSA) is 112 Å². The van der Waals surface area contributed by atoms with Crippen molar-refractivity contribution in [3.8, 4) is 17.5 Å². The van der Waals surface area contributed by atoms with Crippen molar-refractivity contribution in [2.75, 3.05) is 11.1 Å². The number of pyridine rings is 1. The SMILES string of the molecule is CC(Nc1ncnc(N)c1C#Cc1cccnc1)c1nc2cccc(Cl)c2c(=O)n1-c1ccccc1. The number of nitrogens with zero attached hydrogens (tertiary/aromatic N) is 5. The molecule has 9 heteroatoms. The molecule has 0 radical (unpaired) electrons. The molecule has 176 valence electrons. The number of para-hydroxylation sites is 1. The summed E-state index contributed by atoms with van der Waals surface area (Å²) in [5, 5.41) is 4.02. The molecule has 0 aliphatic rings. The van der Waals surface area contributed by atoms with Crippen molar-refractivity contribution in [2.45, 2.75) is 13.0 Å². The Kier molecular flexibility index (Phi) is 6.31.